The van der Waals surface area contributed by atoms with Crippen molar-refractivity contribution in [3.8, 4) is 0 Å². The SMILES string of the molecule is CNC(COC(C)(C)C)C(C)=O. The zero-order valence-electron chi connectivity index (χ0n) is 8.60. The normalized spacial score (nSPS) is 14.4. The van der Waals surface area contributed by atoms with Gasteiger partial charge in [-0.15, -0.1) is 0 Å². The molecule has 0 aromatic carbocycles. The molecule has 0 radical (unpaired) electrons. The molecule has 12 heavy (non-hydrogen) atoms. The molecule has 72 valence electrons. The second-order valence-electron chi connectivity index (χ2n) is 3.88. The van der Waals surface area contributed by atoms with Crippen molar-refractivity contribution in [3.63, 3.8) is 0 Å². The standard InChI is InChI=1S/C9H19NO2/c1-7(11)8(10-5)6-12-9(2,3)4/h8,10H,6H2,1-5H3. The summed E-state index contributed by atoms with van der Waals surface area (Å²) in [5.74, 6) is 0.113. The second kappa shape index (κ2) is 4.58. The van der Waals surface area contributed by atoms with Crippen molar-refractivity contribution in [1.82, 2.24) is 5.32 Å². The highest BCUT2D eigenvalue weighted by Gasteiger charge is 2.16. The Morgan fingerprint density at radius 2 is 2.00 bits per heavy atom. The Bertz CT molecular complexity index is 149. The molecule has 0 bridgehead atoms. The molecule has 0 saturated heterocycles. The smallest absolute Gasteiger partial charge is 0.149 e. The maximum absolute atomic E-state index is 10.9. The third kappa shape index (κ3) is 5.27. The van der Waals surface area contributed by atoms with Gasteiger partial charge in [0.15, 0.2) is 0 Å². The van der Waals surface area contributed by atoms with Crippen LogP contribution in [0.3, 0.4) is 0 Å². The summed E-state index contributed by atoms with van der Waals surface area (Å²) in [7, 11) is 1.76. The van der Waals surface area contributed by atoms with Crippen molar-refractivity contribution < 1.29 is 9.53 Å². The predicted octanol–water partition coefficient (Wildman–Crippen LogP) is 0.978. The van der Waals surface area contributed by atoms with Gasteiger partial charge >= 0.3 is 0 Å². The van der Waals surface area contributed by atoms with Gasteiger partial charge in [0.05, 0.1) is 18.2 Å². The molecule has 0 amide bonds. The lowest BCUT2D eigenvalue weighted by molar-refractivity contribution is -0.121. The van der Waals surface area contributed by atoms with E-state index in [1.54, 1.807) is 14.0 Å². The van der Waals surface area contributed by atoms with Gasteiger partial charge in [-0.2, -0.15) is 0 Å². The molecule has 0 heterocycles. The highest BCUT2D eigenvalue weighted by atomic mass is 16.5. The van der Waals surface area contributed by atoms with Gasteiger partial charge < -0.3 is 10.1 Å². The molecule has 0 aliphatic rings. The molecule has 3 heteroatoms. The van der Waals surface area contributed by atoms with Crippen LogP contribution >= 0.6 is 0 Å². The first-order valence-corrected chi connectivity index (χ1v) is 4.18. The first-order valence-electron chi connectivity index (χ1n) is 4.18. The number of likely N-dealkylation sites (N-methyl/N-ethyl adjacent to an activating group) is 1. The zero-order chi connectivity index (χ0) is 9.78. The van der Waals surface area contributed by atoms with Crippen LogP contribution in [0.5, 0.6) is 0 Å². The van der Waals surface area contributed by atoms with Gasteiger partial charge in [-0.1, -0.05) is 0 Å². The summed E-state index contributed by atoms with van der Waals surface area (Å²) >= 11 is 0. The monoisotopic (exact) mass is 173 g/mol. The van der Waals surface area contributed by atoms with Crippen molar-refractivity contribution in [2.75, 3.05) is 13.7 Å². The average molecular weight is 173 g/mol. The van der Waals surface area contributed by atoms with E-state index in [4.69, 9.17) is 4.74 Å². The number of ketones is 1. The Hall–Kier alpha value is -0.410. The van der Waals surface area contributed by atoms with E-state index in [9.17, 15) is 4.79 Å². The molecule has 0 aliphatic carbocycles. The molecule has 0 aliphatic heterocycles. The van der Waals surface area contributed by atoms with E-state index in [0.29, 0.717) is 6.61 Å². The summed E-state index contributed by atoms with van der Waals surface area (Å²) in [6.07, 6.45) is 0. The van der Waals surface area contributed by atoms with Crippen molar-refractivity contribution in [2.45, 2.75) is 39.3 Å². The van der Waals surface area contributed by atoms with Crippen LogP contribution < -0.4 is 5.32 Å². The molecule has 0 fully saturated rings. The molecule has 1 N–H and O–H groups in total. The van der Waals surface area contributed by atoms with Crippen LogP contribution in [0.2, 0.25) is 0 Å². The van der Waals surface area contributed by atoms with Crippen molar-refractivity contribution >= 4 is 5.78 Å². The largest absolute Gasteiger partial charge is 0.374 e. The minimum Gasteiger partial charge on any atom is -0.374 e. The summed E-state index contributed by atoms with van der Waals surface area (Å²) in [5, 5.41) is 2.90. The maximum atomic E-state index is 10.9. The average Bonchev–Trinajstić information content (AvgIpc) is 1.85. The first-order chi connectivity index (χ1) is 5.37. The fraction of sp³-hybridized carbons (Fsp3) is 0.889. The fourth-order valence-electron chi connectivity index (χ4n) is 0.737. The summed E-state index contributed by atoms with van der Waals surface area (Å²) < 4.78 is 5.46. The number of carbonyl (C=O) groups is 1. The number of Topliss-reactive ketones (excluding diaryl/α,β-unsaturated/α-hetero) is 1. The zero-order valence-corrected chi connectivity index (χ0v) is 8.60. The van der Waals surface area contributed by atoms with E-state index in [-0.39, 0.29) is 17.4 Å². The Morgan fingerprint density at radius 1 is 1.50 bits per heavy atom. The van der Waals surface area contributed by atoms with Crippen LogP contribution in [0.15, 0.2) is 0 Å². The fourth-order valence-corrected chi connectivity index (χ4v) is 0.737. The van der Waals surface area contributed by atoms with Gasteiger partial charge in [0, 0.05) is 0 Å². The lowest BCUT2D eigenvalue weighted by Gasteiger charge is -2.22. The van der Waals surface area contributed by atoms with Crippen LogP contribution in [0.4, 0.5) is 0 Å². The number of rotatable bonds is 4. The summed E-state index contributed by atoms with van der Waals surface area (Å²) in [5.41, 5.74) is -0.176. The van der Waals surface area contributed by atoms with Crippen molar-refractivity contribution in [1.29, 1.82) is 0 Å². The predicted molar refractivity (Wildman–Crippen MR) is 49.2 cm³/mol. The van der Waals surface area contributed by atoms with Crippen LogP contribution in [-0.2, 0) is 9.53 Å². The van der Waals surface area contributed by atoms with E-state index < -0.39 is 0 Å². The molecule has 1 unspecified atom stereocenters. The van der Waals surface area contributed by atoms with E-state index in [0.717, 1.165) is 0 Å². The third-order valence-electron chi connectivity index (χ3n) is 1.52. The Morgan fingerprint density at radius 3 is 2.25 bits per heavy atom. The lowest BCUT2D eigenvalue weighted by Crippen LogP contribution is -2.39. The Kier molecular flexibility index (Phi) is 4.42. The third-order valence-corrected chi connectivity index (χ3v) is 1.52. The van der Waals surface area contributed by atoms with E-state index >= 15 is 0 Å². The van der Waals surface area contributed by atoms with Gasteiger partial charge in [0.2, 0.25) is 0 Å². The quantitative estimate of drug-likeness (QED) is 0.688. The van der Waals surface area contributed by atoms with Crippen molar-refractivity contribution in [3.05, 3.63) is 0 Å². The van der Waals surface area contributed by atoms with Crippen LogP contribution in [0, 0.1) is 0 Å². The molecular weight excluding hydrogens is 154 g/mol. The Labute approximate surface area is 74.5 Å². The van der Waals surface area contributed by atoms with E-state index in [1.807, 2.05) is 20.8 Å². The van der Waals surface area contributed by atoms with E-state index in [2.05, 4.69) is 5.32 Å². The van der Waals surface area contributed by atoms with Crippen molar-refractivity contribution in [2.24, 2.45) is 0 Å². The van der Waals surface area contributed by atoms with Crippen LogP contribution in [0.25, 0.3) is 0 Å². The lowest BCUT2D eigenvalue weighted by atomic mass is 10.2. The molecular formula is C9H19NO2. The Balaban J connectivity index is 3.81. The number of carbonyl (C=O) groups excluding carboxylic acids is 1. The minimum absolute atomic E-state index is 0.113. The summed E-state index contributed by atoms with van der Waals surface area (Å²) in [4.78, 5) is 10.9. The molecule has 0 saturated carbocycles. The highest BCUT2D eigenvalue weighted by Crippen LogP contribution is 2.07. The molecule has 0 rings (SSSR count). The number of ether oxygens (including phenoxy) is 1. The van der Waals surface area contributed by atoms with Gasteiger partial charge in [0.1, 0.15) is 5.78 Å². The summed E-state index contributed by atoms with van der Waals surface area (Å²) in [6, 6.07) is -0.177. The van der Waals surface area contributed by atoms with Gasteiger partial charge in [-0.05, 0) is 34.7 Å². The summed E-state index contributed by atoms with van der Waals surface area (Å²) in [6.45, 7) is 7.92. The van der Waals surface area contributed by atoms with Crippen LogP contribution in [-0.4, -0.2) is 31.1 Å². The maximum Gasteiger partial charge on any atom is 0.149 e. The number of hydrogen-bond donors (Lipinski definition) is 1. The van der Waals surface area contributed by atoms with Gasteiger partial charge in [-0.25, -0.2) is 0 Å². The highest BCUT2D eigenvalue weighted by molar-refractivity contribution is 5.81. The molecule has 0 aromatic rings. The second-order valence-corrected chi connectivity index (χ2v) is 3.88. The van der Waals surface area contributed by atoms with Gasteiger partial charge in [0.25, 0.3) is 0 Å². The van der Waals surface area contributed by atoms with E-state index in [1.165, 1.54) is 0 Å². The number of hydrogen-bond acceptors (Lipinski definition) is 3. The topological polar surface area (TPSA) is 38.3 Å². The molecule has 3 nitrogen and oxygen atoms in total. The first kappa shape index (κ1) is 11.6. The van der Waals surface area contributed by atoms with Gasteiger partial charge in [-0.3, -0.25) is 4.79 Å². The molecule has 1 atom stereocenters. The van der Waals surface area contributed by atoms with Crippen LogP contribution in [0.1, 0.15) is 27.7 Å². The minimum atomic E-state index is -0.177. The molecule has 0 aromatic heterocycles. The molecule has 0 spiro atoms. The number of nitrogens with one attached hydrogen (secondary N) is 1.